The highest BCUT2D eigenvalue weighted by molar-refractivity contribution is 5.80. The molecule has 6 rings (SSSR count). The first-order valence-electron chi connectivity index (χ1n) is 10.8. The van der Waals surface area contributed by atoms with Gasteiger partial charge >= 0.3 is 5.97 Å². The number of piperidine rings is 1. The van der Waals surface area contributed by atoms with Crippen LogP contribution < -0.4 is 4.90 Å². The summed E-state index contributed by atoms with van der Waals surface area (Å²) in [7, 11) is 0. The van der Waals surface area contributed by atoms with E-state index in [1.807, 2.05) is 55.0 Å². The molecule has 2 saturated heterocycles. The summed E-state index contributed by atoms with van der Waals surface area (Å²) in [6.45, 7) is 2.21. The summed E-state index contributed by atoms with van der Waals surface area (Å²) in [6.07, 6.45) is 5.88. The Balaban J connectivity index is 1.16. The van der Waals surface area contributed by atoms with Crippen molar-refractivity contribution in [3.8, 4) is 0 Å². The van der Waals surface area contributed by atoms with Gasteiger partial charge in [0.05, 0.1) is 46.6 Å². The van der Waals surface area contributed by atoms with Gasteiger partial charge in [0.15, 0.2) is 0 Å². The number of hydrogen-bond acceptors (Lipinski definition) is 6. The van der Waals surface area contributed by atoms with E-state index in [-0.39, 0.29) is 17.5 Å². The number of rotatable bonds is 3. The SMILES string of the molecule is O=C1OC(Cn2cnc3ccccc32)CC12CCN(c1cnc3ccccc3n1)CC2. The Morgan fingerprint density at radius 1 is 0.968 bits per heavy atom. The van der Waals surface area contributed by atoms with Crippen molar-refractivity contribution in [2.75, 3.05) is 18.0 Å². The fourth-order valence-electron chi connectivity index (χ4n) is 4.99. The maximum Gasteiger partial charge on any atom is 0.312 e. The molecule has 0 radical (unpaired) electrons. The molecule has 0 bridgehead atoms. The van der Waals surface area contributed by atoms with Crippen molar-refractivity contribution in [2.24, 2.45) is 5.41 Å². The second-order valence-electron chi connectivity index (χ2n) is 8.60. The maximum atomic E-state index is 12.9. The number of cyclic esters (lactones) is 1. The zero-order valence-corrected chi connectivity index (χ0v) is 17.1. The van der Waals surface area contributed by atoms with E-state index in [1.165, 1.54) is 0 Å². The molecule has 0 aliphatic carbocycles. The third-order valence-electron chi connectivity index (χ3n) is 6.73. The zero-order chi connectivity index (χ0) is 20.8. The number of para-hydroxylation sites is 4. The van der Waals surface area contributed by atoms with Gasteiger partial charge in [-0.15, -0.1) is 0 Å². The lowest BCUT2D eigenvalue weighted by molar-refractivity contribution is -0.150. The molecule has 1 atom stereocenters. The van der Waals surface area contributed by atoms with Crippen LogP contribution in [0.4, 0.5) is 5.82 Å². The van der Waals surface area contributed by atoms with E-state index in [0.29, 0.717) is 6.54 Å². The number of hydrogen-bond donors (Lipinski definition) is 0. The molecule has 1 spiro atoms. The first kappa shape index (κ1) is 18.3. The van der Waals surface area contributed by atoms with Gasteiger partial charge in [0, 0.05) is 19.5 Å². The third kappa shape index (κ3) is 3.12. The summed E-state index contributed by atoms with van der Waals surface area (Å²) >= 11 is 0. The minimum Gasteiger partial charge on any atom is -0.460 e. The standard InChI is InChI=1S/C24H23N5O2/c30-23-24(13-17(31-23)15-29-16-26-20-7-3-4-8-21(20)29)9-11-28(12-10-24)22-14-25-18-5-1-2-6-19(18)27-22/h1-8,14,16-17H,9-13,15H2. The molecular weight excluding hydrogens is 390 g/mol. The molecule has 7 nitrogen and oxygen atoms in total. The Bertz CT molecular complexity index is 1280. The number of imidazole rings is 1. The molecular formula is C24H23N5O2. The van der Waals surface area contributed by atoms with Crippen LogP contribution in [0, 0.1) is 5.41 Å². The molecule has 2 aromatic carbocycles. The topological polar surface area (TPSA) is 73.1 Å². The Morgan fingerprint density at radius 3 is 2.55 bits per heavy atom. The summed E-state index contributed by atoms with van der Waals surface area (Å²) in [5, 5.41) is 0. The van der Waals surface area contributed by atoms with Gasteiger partial charge in [0.2, 0.25) is 0 Å². The van der Waals surface area contributed by atoms with Crippen LogP contribution in [0.25, 0.3) is 22.1 Å². The summed E-state index contributed by atoms with van der Waals surface area (Å²) in [4.78, 5) is 28.9. The number of nitrogens with zero attached hydrogens (tertiary/aromatic N) is 5. The number of benzene rings is 2. The van der Waals surface area contributed by atoms with Gasteiger partial charge in [0.1, 0.15) is 11.9 Å². The molecule has 0 saturated carbocycles. The van der Waals surface area contributed by atoms with Crippen LogP contribution in [0.15, 0.2) is 61.1 Å². The molecule has 156 valence electrons. The Labute approximate surface area is 179 Å². The number of esters is 1. The molecule has 2 aliphatic rings. The van der Waals surface area contributed by atoms with E-state index in [9.17, 15) is 4.79 Å². The average Bonchev–Trinajstić information content (AvgIpc) is 3.35. The van der Waals surface area contributed by atoms with Crippen molar-refractivity contribution < 1.29 is 9.53 Å². The molecule has 31 heavy (non-hydrogen) atoms. The minimum absolute atomic E-state index is 0.0498. The van der Waals surface area contributed by atoms with Crippen LogP contribution in [0.3, 0.4) is 0 Å². The maximum absolute atomic E-state index is 12.9. The third-order valence-corrected chi connectivity index (χ3v) is 6.73. The molecule has 2 fully saturated rings. The predicted molar refractivity (Wildman–Crippen MR) is 118 cm³/mol. The molecule has 4 aromatic rings. The van der Waals surface area contributed by atoms with Crippen molar-refractivity contribution in [2.45, 2.75) is 31.9 Å². The van der Waals surface area contributed by atoms with Crippen LogP contribution >= 0.6 is 0 Å². The first-order valence-corrected chi connectivity index (χ1v) is 10.8. The number of anilines is 1. The largest absolute Gasteiger partial charge is 0.460 e. The molecule has 0 N–H and O–H groups in total. The monoisotopic (exact) mass is 413 g/mol. The van der Waals surface area contributed by atoms with Crippen LogP contribution in [0.5, 0.6) is 0 Å². The highest BCUT2D eigenvalue weighted by atomic mass is 16.6. The van der Waals surface area contributed by atoms with Gasteiger partial charge in [-0.3, -0.25) is 9.78 Å². The highest BCUT2D eigenvalue weighted by Crippen LogP contribution is 2.44. The van der Waals surface area contributed by atoms with Gasteiger partial charge < -0.3 is 14.2 Å². The number of fused-ring (bicyclic) bond motifs is 2. The number of carbonyl (C=O) groups is 1. The van der Waals surface area contributed by atoms with E-state index in [2.05, 4.69) is 25.5 Å². The highest BCUT2D eigenvalue weighted by Gasteiger charge is 2.50. The van der Waals surface area contributed by atoms with Crippen molar-refractivity contribution in [1.82, 2.24) is 19.5 Å². The number of ether oxygens (including phenoxy) is 1. The predicted octanol–water partition coefficient (Wildman–Crippen LogP) is 3.58. The first-order chi connectivity index (χ1) is 15.2. The Hall–Kier alpha value is -3.48. The van der Waals surface area contributed by atoms with Crippen molar-refractivity contribution in [3.05, 3.63) is 61.1 Å². The van der Waals surface area contributed by atoms with Crippen LogP contribution in [-0.4, -0.2) is 44.7 Å². The average molecular weight is 413 g/mol. The van der Waals surface area contributed by atoms with Gasteiger partial charge in [0.25, 0.3) is 0 Å². The number of carbonyl (C=O) groups excluding carboxylic acids is 1. The second-order valence-corrected chi connectivity index (χ2v) is 8.60. The van der Waals surface area contributed by atoms with Gasteiger partial charge in [-0.25, -0.2) is 9.97 Å². The summed E-state index contributed by atoms with van der Waals surface area (Å²) < 4.78 is 7.93. The second kappa shape index (κ2) is 7.04. The molecule has 7 heteroatoms. The smallest absolute Gasteiger partial charge is 0.312 e. The number of aromatic nitrogens is 4. The molecule has 2 aromatic heterocycles. The molecule has 0 amide bonds. The lowest BCUT2D eigenvalue weighted by Gasteiger charge is -2.37. The van der Waals surface area contributed by atoms with E-state index in [1.54, 1.807) is 0 Å². The van der Waals surface area contributed by atoms with Crippen LogP contribution in [0.1, 0.15) is 19.3 Å². The van der Waals surface area contributed by atoms with Crippen molar-refractivity contribution >= 4 is 33.9 Å². The Morgan fingerprint density at radius 2 is 1.71 bits per heavy atom. The van der Waals surface area contributed by atoms with Gasteiger partial charge in [-0.1, -0.05) is 24.3 Å². The van der Waals surface area contributed by atoms with E-state index in [4.69, 9.17) is 9.72 Å². The van der Waals surface area contributed by atoms with Crippen LogP contribution in [0.2, 0.25) is 0 Å². The van der Waals surface area contributed by atoms with Crippen LogP contribution in [-0.2, 0) is 16.1 Å². The summed E-state index contributed by atoms with van der Waals surface area (Å²) in [5.41, 5.74) is 3.44. The van der Waals surface area contributed by atoms with E-state index < -0.39 is 0 Å². The van der Waals surface area contributed by atoms with E-state index in [0.717, 1.165) is 60.2 Å². The lowest BCUT2D eigenvalue weighted by Crippen LogP contribution is -2.43. The lowest BCUT2D eigenvalue weighted by atomic mass is 9.76. The molecule has 1 unspecified atom stereocenters. The van der Waals surface area contributed by atoms with Crippen molar-refractivity contribution in [1.29, 1.82) is 0 Å². The van der Waals surface area contributed by atoms with Gasteiger partial charge in [-0.2, -0.15) is 0 Å². The fourth-order valence-corrected chi connectivity index (χ4v) is 4.99. The summed E-state index contributed by atoms with van der Waals surface area (Å²) in [6, 6.07) is 15.9. The quantitative estimate of drug-likeness (QED) is 0.478. The summed E-state index contributed by atoms with van der Waals surface area (Å²) in [5.74, 6) is 0.826. The van der Waals surface area contributed by atoms with E-state index >= 15 is 0 Å². The molecule has 4 heterocycles. The van der Waals surface area contributed by atoms with Gasteiger partial charge in [-0.05, 0) is 37.1 Å². The minimum atomic E-state index is -0.387. The Kier molecular flexibility index (Phi) is 4.16. The normalized spacial score (nSPS) is 20.6. The fraction of sp³-hybridized carbons (Fsp3) is 0.333. The zero-order valence-electron chi connectivity index (χ0n) is 17.1. The molecule has 2 aliphatic heterocycles. The van der Waals surface area contributed by atoms with Crippen molar-refractivity contribution in [3.63, 3.8) is 0 Å².